The summed E-state index contributed by atoms with van der Waals surface area (Å²) in [7, 11) is 0. The van der Waals surface area contributed by atoms with Gasteiger partial charge in [-0.1, -0.05) is 12.1 Å². The number of nitrogens with two attached hydrogens (primary N) is 1. The molecule has 1 amide bonds. The maximum absolute atomic E-state index is 11.9. The normalized spacial score (nSPS) is 11.9. The molecule has 0 fully saturated rings. The number of tetrazole rings is 1. The van der Waals surface area contributed by atoms with Crippen molar-refractivity contribution in [2.24, 2.45) is 5.73 Å². The van der Waals surface area contributed by atoms with E-state index in [0.29, 0.717) is 12.1 Å². The van der Waals surface area contributed by atoms with Crippen molar-refractivity contribution in [3.8, 4) is 5.69 Å². The number of nitrogens with one attached hydrogen (secondary N) is 1. The highest BCUT2D eigenvalue weighted by Crippen LogP contribution is 2.18. The average Bonchev–Trinajstić information content (AvgIpc) is 2.95. The molecule has 1 unspecified atom stereocenters. The van der Waals surface area contributed by atoms with Crippen LogP contribution in [-0.4, -0.2) is 32.2 Å². The lowest BCUT2D eigenvalue weighted by molar-refractivity contribution is -0.117. The van der Waals surface area contributed by atoms with Crippen LogP contribution >= 0.6 is 0 Å². The summed E-state index contributed by atoms with van der Waals surface area (Å²) < 4.78 is 1.54. The monoisotopic (exact) mass is 272 g/mol. The summed E-state index contributed by atoms with van der Waals surface area (Å²) >= 11 is 0. The number of carbonyl (C=O) groups is 1. The highest BCUT2D eigenvalue weighted by atomic mass is 16.2. The van der Waals surface area contributed by atoms with E-state index in [-0.39, 0.29) is 5.91 Å². The van der Waals surface area contributed by atoms with E-state index in [1.54, 1.807) is 12.1 Å². The molecule has 0 aliphatic rings. The summed E-state index contributed by atoms with van der Waals surface area (Å²) in [4.78, 5) is 11.9. The Bertz CT molecular complexity index is 607. The third-order valence-electron chi connectivity index (χ3n) is 2.83. The van der Waals surface area contributed by atoms with Crippen molar-refractivity contribution >= 4 is 11.6 Å². The number of aromatic nitrogens is 4. The highest BCUT2D eigenvalue weighted by Gasteiger charge is 2.12. The van der Waals surface area contributed by atoms with Gasteiger partial charge in [0.25, 0.3) is 0 Å². The molecule has 0 bridgehead atoms. The minimum absolute atomic E-state index is 0.253. The van der Waals surface area contributed by atoms with E-state index in [1.807, 2.05) is 19.1 Å². The van der Waals surface area contributed by atoms with Gasteiger partial charge in [0.05, 0.1) is 11.7 Å². The summed E-state index contributed by atoms with van der Waals surface area (Å²) in [6, 6.07) is 4.88. The van der Waals surface area contributed by atoms with Gasteiger partial charge < -0.3 is 11.1 Å². The second kappa shape index (κ2) is 6.07. The van der Waals surface area contributed by atoms with E-state index in [4.69, 9.17) is 5.73 Å². The van der Waals surface area contributed by atoms with Crippen molar-refractivity contribution in [1.82, 2.24) is 20.2 Å². The number of carbonyl (C=O) groups excluding carboxylic acids is 1. The number of anilines is 1. The van der Waals surface area contributed by atoms with E-state index in [2.05, 4.69) is 27.4 Å². The minimum Gasteiger partial charge on any atom is -0.325 e. The van der Waals surface area contributed by atoms with E-state index in [1.165, 1.54) is 11.0 Å². The minimum atomic E-state index is -0.606. The Balaban J connectivity index is 2.20. The van der Waals surface area contributed by atoms with Gasteiger partial charge in [0, 0.05) is 5.69 Å². The first kappa shape index (κ1) is 13.9. The zero-order valence-electron chi connectivity index (χ0n) is 11.2. The molecule has 3 N–H and O–H groups in total. The quantitative estimate of drug-likeness (QED) is 0.785. The Labute approximate surface area is 116 Å². The van der Waals surface area contributed by atoms with E-state index >= 15 is 0 Å². The van der Waals surface area contributed by atoms with Crippen molar-refractivity contribution in [2.45, 2.75) is 19.4 Å². The van der Waals surface area contributed by atoms with Gasteiger partial charge >= 0.3 is 0 Å². The topological polar surface area (TPSA) is 98.7 Å². The molecule has 0 spiro atoms. The first-order chi connectivity index (χ1) is 9.61. The molecule has 0 aliphatic carbocycles. The average molecular weight is 272 g/mol. The van der Waals surface area contributed by atoms with Gasteiger partial charge in [-0.25, -0.2) is 4.68 Å². The molecule has 104 valence electrons. The number of nitrogens with zero attached hydrogens (tertiary/aromatic N) is 4. The number of benzene rings is 1. The van der Waals surface area contributed by atoms with Crippen LogP contribution in [0.25, 0.3) is 5.69 Å². The molecule has 7 heteroatoms. The van der Waals surface area contributed by atoms with Crippen molar-refractivity contribution in [1.29, 1.82) is 0 Å². The van der Waals surface area contributed by atoms with Crippen LogP contribution < -0.4 is 11.1 Å². The van der Waals surface area contributed by atoms with E-state index < -0.39 is 6.04 Å². The van der Waals surface area contributed by atoms with Crippen LogP contribution in [0.1, 0.15) is 12.0 Å². The second-order valence-corrected chi connectivity index (χ2v) is 4.38. The Morgan fingerprint density at radius 1 is 1.60 bits per heavy atom. The predicted octanol–water partition coefficient (Wildman–Crippen LogP) is 0.813. The standard InChI is InChI=1S/C13H16N6O/c1-3-4-11(14)13(20)16-10-6-5-9(2)12(7-10)19-8-15-17-18-19/h3,5-8,11H,1,4,14H2,2H3,(H,16,20). The summed E-state index contributed by atoms with van der Waals surface area (Å²) in [5, 5.41) is 13.8. The molecular weight excluding hydrogens is 256 g/mol. The molecule has 1 aromatic carbocycles. The van der Waals surface area contributed by atoms with Crippen LogP contribution in [0.3, 0.4) is 0 Å². The summed E-state index contributed by atoms with van der Waals surface area (Å²) in [6.07, 6.45) is 3.54. The Kier molecular flexibility index (Phi) is 4.21. The van der Waals surface area contributed by atoms with Gasteiger partial charge in [-0.2, -0.15) is 0 Å². The lowest BCUT2D eigenvalue weighted by Gasteiger charge is -2.12. The molecule has 1 atom stereocenters. The van der Waals surface area contributed by atoms with E-state index in [9.17, 15) is 4.79 Å². The zero-order valence-corrected chi connectivity index (χ0v) is 11.2. The third-order valence-corrected chi connectivity index (χ3v) is 2.83. The third kappa shape index (κ3) is 3.07. The van der Waals surface area contributed by atoms with Gasteiger partial charge in [-0.15, -0.1) is 11.7 Å². The summed E-state index contributed by atoms with van der Waals surface area (Å²) in [5.74, 6) is -0.253. The first-order valence-corrected chi connectivity index (χ1v) is 6.13. The van der Waals surface area contributed by atoms with Crippen LogP contribution in [0.2, 0.25) is 0 Å². The fourth-order valence-corrected chi connectivity index (χ4v) is 1.73. The Hall–Kier alpha value is -2.54. The Morgan fingerprint density at radius 2 is 2.40 bits per heavy atom. The van der Waals surface area contributed by atoms with Gasteiger partial charge in [0.1, 0.15) is 6.33 Å². The number of hydrogen-bond donors (Lipinski definition) is 2. The molecule has 2 rings (SSSR count). The number of hydrogen-bond acceptors (Lipinski definition) is 5. The largest absolute Gasteiger partial charge is 0.325 e. The molecule has 0 aliphatic heterocycles. The maximum Gasteiger partial charge on any atom is 0.241 e. The van der Waals surface area contributed by atoms with Crippen LogP contribution in [0.4, 0.5) is 5.69 Å². The molecule has 0 saturated carbocycles. The smallest absolute Gasteiger partial charge is 0.241 e. The first-order valence-electron chi connectivity index (χ1n) is 6.13. The van der Waals surface area contributed by atoms with Gasteiger partial charge in [-0.05, 0) is 41.5 Å². The molecule has 2 aromatic rings. The second-order valence-electron chi connectivity index (χ2n) is 4.38. The molecular formula is C13H16N6O. The lowest BCUT2D eigenvalue weighted by atomic mass is 10.1. The van der Waals surface area contributed by atoms with E-state index in [0.717, 1.165) is 11.3 Å². The molecule has 1 heterocycles. The fraction of sp³-hybridized carbons (Fsp3) is 0.231. The van der Waals surface area contributed by atoms with Crippen molar-refractivity contribution in [3.63, 3.8) is 0 Å². The molecule has 20 heavy (non-hydrogen) atoms. The molecule has 0 saturated heterocycles. The van der Waals surface area contributed by atoms with Crippen LogP contribution in [-0.2, 0) is 4.79 Å². The molecule has 0 radical (unpaired) electrons. The summed E-state index contributed by atoms with van der Waals surface area (Å²) in [6.45, 7) is 5.50. The number of amides is 1. The zero-order chi connectivity index (χ0) is 14.5. The number of rotatable bonds is 5. The summed E-state index contributed by atoms with van der Waals surface area (Å²) in [5.41, 5.74) is 8.15. The lowest BCUT2D eigenvalue weighted by Crippen LogP contribution is -2.35. The number of aryl methyl sites for hydroxylation is 1. The van der Waals surface area contributed by atoms with Gasteiger partial charge in [0.15, 0.2) is 0 Å². The maximum atomic E-state index is 11.9. The van der Waals surface area contributed by atoms with Crippen LogP contribution in [0.15, 0.2) is 37.2 Å². The van der Waals surface area contributed by atoms with Crippen LogP contribution in [0, 0.1) is 6.92 Å². The van der Waals surface area contributed by atoms with Crippen molar-refractivity contribution in [3.05, 3.63) is 42.7 Å². The fourth-order valence-electron chi connectivity index (χ4n) is 1.73. The van der Waals surface area contributed by atoms with Gasteiger partial charge in [0.2, 0.25) is 5.91 Å². The van der Waals surface area contributed by atoms with Crippen molar-refractivity contribution < 1.29 is 4.79 Å². The SMILES string of the molecule is C=CCC(N)C(=O)Nc1ccc(C)c(-n2cnnn2)c1. The van der Waals surface area contributed by atoms with Crippen molar-refractivity contribution in [2.75, 3.05) is 5.32 Å². The molecule has 7 nitrogen and oxygen atoms in total. The molecule has 1 aromatic heterocycles. The Morgan fingerprint density at radius 3 is 3.05 bits per heavy atom. The van der Waals surface area contributed by atoms with Gasteiger partial charge in [-0.3, -0.25) is 4.79 Å². The predicted molar refractivity (Wildman–Crippen MR) is 75.3 cm³/mol. The van der Waals surface area contributed by atoms with Crippen LogP contribution in [0.5, 0.6) is 0 Å². The highest BCUT2D eigenvalue weighted by molar-refractivity contribution is 5.95.